The number of carbonyl (C=O) groups excluding carboxylic acids is 1. The molecule has 1 N–H and O–H groups in total. The van der Waals surface area contributed by atoms with Crippen LogP contribution in [-0.2, 0) is 4.79 Å². The largest absolute Gasteiger partial charge is 0.380 e. The Labute approximate surface area is 154 Å². The van der Waals surface area contributed by atoms with Gasteiger partial charge in [-0.2, -0.15) is 0 Å². The summed E-state index contributed by atoms with van der Waals surface area (Å²) >= 11 is 0. The van der Waals surface area contributed by atoms with Crippen LogP contribution in [0, 0.1) is 0 Å². The molecule has 3 rings (SSSR count). The molecular formula is C18H29N5O3. The molecule has 26 heavy (non-hydrogen) atoms. The molecule has 0 atom stereocenters. The number of amides is 1. The normalized spacial score (nSPS) is 19.9. The van der Waals surface area contributed by atoms with Gasteiger partial charge in [-0.05, 0) is 20.0 Å². The van der Waals surface area contributed by atoms with Gasteiger partial charge in [0.05, 0.1) is 0 Å². The summed E-state index contributed by atoms with van der Waals surface area (Å²) in [5.74, 6) is 0.0527. The summed E-state index contributed by atoms with van der Waals surface area (Å²) in [6.45, 7) is 10.0. The van der Waals surface area contributed by atoms with Crippen molar-refractivity contribution in [3.8, 4) is 0 Å². The molecule has 1 amide bonds. The van der Waals surface area contributed by atoms with E-state index in [-0.39, 0.29) is 5.91 Å². The summed E-state index contributed by atoms with van der Waals surface area (Å²) in [6, 6.07) is 0. The van der Waals surface area contributed by atoms with E-state index in [0.29, 0.717) is 44.1 Å². The molecular weight excluding hydrogens is 334 g/mol. The molecule has 0 radical (unpaired) electrons. The average Bonchev–Trinajstić information content (AvgIpc) is 2.65. The summed E-state index contributed by atoms with van der Waals surface area (Å²) in [5, 5.41) is 3.18. The van der Waals surface area contributed by atoms with E-state index in [9.17, 15) is 14.4 Å². The number of nitrogens with one attached hydrogen (secondary N) is 1. The van der Waals surface area contributed by atoms with Crippen LogP contribution in [0.4, 0.5) is 11.4 Å². The van der Waals surface area contributed by atoms with Crippen LogP contribution in [0.5, 0.6) is 0 Å². The lowest BCUT2D eigenvalue weighted by atomic mass is 10.1. The van der Waals surface area contributed by atoms with E-state index in [0.717, 1.165) is 39.1 Å². The first-order valence-electron chi connectivity index (χ1n) is 9.46. The number of piperazine rings is 2. The number of likely N-dealkylation sites (N-methyl/N-ethyl adjacent to an activating group) is 1. The zero-order valence-electron chi connectivity index (χ0n) is 15.8. The molecule has 2 aliphatic heterocycles. The SMILES string of the molecule is CC(=O)N1CCN(c2c(NCCCN3CCN(C)CC3)c(=O)c2=O)CC1. The maximum atomic E-state index is 12.0. The second-order valence-corrected chi connectivity index (χ2v) is 7.30. The van der Waals surface area contributed by atoms with Gasteiger partial charge in [-0.1, -0.05) is 0 Å². The quantitative estimate of drug-likeness (QED) is 0.513. The van der Waals surface area contributed by atoms with Crippen molar-refractivity contribution in [2.45, 2.75) is 13.3 Å². The molecule has 8 nitrogen and oxygen atoms in total. The molecule has 0 aromatic heterocycles. The summed E-state index contributed by atoms with van der Waals surface area (Å²) < 4.78 is 0. The molecule has 0 unspecified atom stereocenters. The number of hydrogen-bond acceptors (Lipinski definition) is 7. The predicted octanol–water partition coefficient (Wildman–Crippen LogP) is -0.999. The highest BCUT2D eigenvalue weighted by Crippen LogP contribution is 2.21. The van der Waals surface area contributed by atoms with Gasteiger partial charge in [0, 0.05) is 65.8 Å². The van der Waals surface area contributed by atoms with Crippen molar-refractivity contribution in [3.63, 3.8) is 0 Å². The van der Waals surface area contributed by atoms with E-state index in [4.69, 9.17) is 0 Å². The molecule has 2 aliphatic rings. The van der Waals surface area contributed by atoms with Gasteiger partial charge in [0.15, 0.2) is 0 Å². The van der Waals surface area contributed by atoms with Crippen LogP contribution in [0.15, 0.2) is 9.59 Å². The van der Waals surface area contributed by atoms with Gasteiger partial charge in [-0.15, -0.1) is 0 Å². The molecule has 0 saturated carbocycles. The third kappa shape index (κ3) is 4.07. The second kappa shape index (κ2) is 8.18. The lowest BCUT2D eigenvalue weighted by molar-refractivity contribution is -0.129. The molecule has 1 aromatic carbocycles. The lowest BCUT2D eigenvalue weighted by Gasteiger charge is -2.36. The predicted molar refractivity (Wildman–Crippen MR) is 103 cm³/mol. The number of anilines is 2. The maximum absolute atomic E-state index is 12.0. The average molecular weight is 363 g/mol. The van der Waals surface area contributed by atoms with Crippen LogP contribution in [-0.4, -0.2) is 93.1 Å². The molecule has 0 bridgehead atoms. The highest BCUT2D eigenvalue weighted by molar-refractivity contribution is 5.76. The number of nitrogens with zero attached hydrogens (tertiary/aromatic N) is 4. The van der Waals surface area contributed by atoms with Crippen LogP contribution in [0.3, 0.4) is 0 Å². The first kappa shape index (κ1) is 18.8. The Balaban J connectivity index is 1.47. The van der Waals surface area contributed by atoms with Crippen LogP contribution in [0.2, 0.25) is 0 Å². The van der Waals surface area contributed by atoms with Gasteiger partial charge >= 0.3 is 0 Å². The zero-order chi connectivity index (χ0) is 18.7. The van der Waals surface area contributed by atoms with Crippen LogP contribution < -0.4 is 21.1 Å². The topological polar surface area (TPSA) is 76.2 Å². The monoisotopic (exact) mass is 363 g/mol. The van der Waals surface area contributed by atoms with E-state index in [2.05, 4.69) is 22.2 Å². The molecule has 2 fully saturated rings. The van der Waals surface area contributed by atoms with Crippen LogP contribution in [0.25, 0.3) is 0 Å². The van der Waals surface area contributed by atoms with Crippen LogP contribution >= 0.6 is 0 Å². The van der Waals surface area contributed by atoms with E-state index in [1.165, 1.54) is 0 Å². The number of hydrogen-bond donors (Lipinski definition) is 1. The molecule has 0 spiro atoms. The Morgan fingerprint density at radius 2 is 1.62 bits per heavy atom. The zero-order valence-corrected chi connectivity index (χ0v) is 15.8. The van der Waals surface area contributed by atoms with Crippen molar-refractivity contribution in [2.24, 2.45) is 0 Å². The van der Waals surface area contributed by atoms with Gasteiger partial charge in [0.2, 0.25) is 5.91 Å². The minimum atomic E-state index is -0.409. The van der Waals surface area contributed by atoms with Gasteiger partial charge in [0.25, 0.3) is 10.9 Å². The Morgan fingerprint density at radius 3 is 2.23 bits per heavy atom. The molecule has 8 heteroatoms. The standard InChI is InChI=1S/C18H29N5O3/c1-14(24)22-10-12-23(13-11-22)16-15(17(25)18(16)26)19-4-3-5-21-8-6-20(2)7-9-21/h19H,3-13H2,1-2H3. The fraction of sp³-hybridized carbons (Fsp3) is 0.722. The van der Waals surface area contributed by atoms with Crippen molar-refractivity contribution in [1.29, 1.82) is 0 Å². The smallest absolute Gasteiger partial charge is 0.253 e. The first-order chi connectivity index (χ1) is 12.5. The van der Waals surface area contributed by atoms with Gasteiger partial charge < -0.3 is 24.9 Å². The minimum Gasteiger partial charge on any atom is -0.380 e. The Hall–Kier alpha value is -1.93. The van der Waals surface area contributed by atoms with Gasteiger partial charge in [-0.3, -0.25) is 14.4 Å². The van der Waals surface area contributed by atoms with E-state index in [1.54, 1.807) is 11.8 Å². The fourth-order valence-electron chi connectivity index (χ4n) is 3.68. The van der Waals surface area contributed by atoms with Crippen molar-refractivity contribution in [2.75, 3.05) is 82.7 Å². The Bertz CT molecular complexity index is 696. The van der Waals surface area contributed by atoms with E-state index < -0.39 is 10.9 Å². The van der Waals surface area contributed by atoms with Gasteiger partial charge in [0.1, 0.15) is 11.4 Å². The second-order valence-electron chi connectivity index (χ2n) is 7.30. The first-order valence-corrected chi connectivity index (χ1v) is 9.46. The van der Waals surface area contributed by atoms with Crippen molar-refractivity contribution >= 4 is 17.3 Å². The summed E-state index contributed by atoms with van der Waals surface area (Å²) in [6.07, 6.45) is 0.945. The third-order valence-corrected chi connectivity index (χ3v) is 5.48. The molecule has 2 heterocycles. The summed E-state index contributed by atoms with van der Waals surface area (Å²) in [5.41, 5.74) is 0.166. The molecule has 1 aromatic rings. The highest BCUT2D eigenvalue weighted by Gasteiger charge is 2.28. The molecule has 144 valence electrons. The highest BCUT2D eigenvalue weighted by atomic mass is 16.2. The maximum Gasteiger partial charge on any atom is 0.253 e. The van der Waals surface area contributed by atoms with E-state index >= 15 is 0 Å². The van der Waals surface area contributed by atoms with Crippen molar-refractivity contribution in [1.82, 2.24) is 14.7 Å². The van der Waals surface area contributed by atoms with Gasteiger partial charge in [-0.25, -0.2) is 0 Å². The molecule has 2 saturated heterocycles. The third-order valence-electron chi connectivity index (χ3n) is 5.48. The molecule has 0 aliphatic carbocycles. The van der Waals surface area contributed by atoms with Crippen molar-refractivity contribution < 1.29 is 4.79 Å². The number of carbonyl (C=O) groups is 1. The Morgan fingerprint density at radius 1 is 0.962 bits per heavy atom. The number of rotatable bonds is 6. The van der Waals surface area contributed by atoms with Crippen molar-refractivity contribution in [3.05, 3.63) is 20.4 Å². The van der Waals surface area contributed by atoms with E-state index in [1.807, 2.05) is 4.90 Å². The fourth-order valence-corrected chi connectivity index (χ4v) is 3.68. The van der Waals surface area contributed by atoms with Crippen LogP contribution in [0.1, 0.15) is 13.3 Å². The lowest BCUT2D eigenvalue weighted by Crippen LogP contribution is -2.52. The Kier molecular flexibility index (Phi) is 5.93. The summed E-state index contributed by atoms with van der Waals surface area (Å²) in [4.78, 5) is 43.8. The summed E-state index contributed by atoms with van der Waals surface area (Å²) in [7, 11) is 2.14. The minimum absolute atomic E-state index is 0.0527.